The molecule has 0 amide bonds. The van der Waals surface area contributed by atoms with Gasteiger partial charge in [-0.2, -0.15) is 0 Å². The number of carbonyl (C=O) groups excluding carboxylic acids is 1. The predicted octanol–water partition coefficient (Wildman–Crippen LogP) is 3.87. The minimum atomic E-state index is -1.09. The van der Waals surface area contributed by atoms with Crippen LogP contribution in [0.15, 0.2) is 36.4 Å². The van der Waals surface area contributed by atoms with E-state index >= 15 is 0 Å². The summed E-state index contributed by atoms with van der Waals surface area (Å²) in [6.07, 6.45) is 0. The molecular formula is C24H27N3O4S. The van der Waals surface area contributed by atoms with E-state index in [-0.39, 0.29) is 22.7 Å². The van der Waals surface area contributed by atoms with Gasteiger partial charge < -0.3 is 20.4 Å². The molecule has 2 aromatic carbocycles. The molecule has 168 valence electrons. The van der Waals surface area contributed by atoms with E-state index in [1.54, 1.807) is 0 Å². The fourth-order valence-electron chi connectivity index (χ4n) is 4.08. The molecule has 0 spiro atoms. The highest BCUT2D eigenvalue weighted by Crippen LogP contribution is 2.43. The number of carboxylic acids is 1. The third-order valence-electron chi connectivity index (χ3n) is 5.91. The number of nitrogens with one attached hydrogen (secondary N) is 1. The van der Waals surface area contributed by atoms with Gasteiger partial charge in [-0.05, 0) is 25.6 Å². The van der Waals surface area contributed by atoms with E-state index in [4.69, 9.17) is 0 Å². The normalized spacial score (nSPS) is 15.2. The predicted molar refractivity (Wildman–Crippen MR) is 127 cm³/mol. The van der Waals surface area contributed by atoms with Crippen molar-refractivity contribution in [1.82, 2.24) is 9.80 Å². The molecule has 0 unspecified atom stereocenters. The number of piperazine rings is 1. The maximum absolute atomic E-state index is 12.4. The minimum Gasteiger partial charge on any atom is -0.508 e. The van der Waals surface area contributed by atoms with Crippen LogP contribution < -0.4 is 5.32 Å². The lowest BCUT2D eigenvalue weighted by atomic mass is 9.98. The van der Waals surface area contributed by atoms with Crippen LogP contribution in [0, 0.1) is 0 Å². The van der Waals surface area contributed by atoms with Crippen LogP contribution in [0.4, 0.5) is 5.00 Å². The first kappa shape index (κ1) is 22.3. The summed E-state index contributed by atoms with van der Waals surface area (Å²) in [5.74, 6) is -1.33. The number of rotatable bonds is 7. The Morgan fingerprint density at radius 1 is 1.12 bits per heavy atom. The van der Waals surface area contributed by atoms with Gasteiger partial charge in [0.2, 0.25) is 0 Å². The van der Waals surface area contributed by atoms with Crippen LogP contribution >= 0.6 is 11.3 Å². The Balaban J connectivity index is 1.80. The summed E-state index contributed by atoms with van der Waals surface area (Å²) in [4.78, 5) is 29.2. The second kappa shape index (κ2) is 9.28. The highest BCUT2D eigenvalue weighted by molar-refractivity contribution is 7.23. The van der Waals surface area contributed by atoms with Crippen LogP contribution in [-0.4, -0.2) is 65.0 Å². The summed E-state index contributed by atoms with van der Waals surface area (Å²) in [6, 6.07) is 11.1. The number of hydrogen-bond donors (Lipinski definition) is 3. The maximum Gasteiger partial charge on any atom is 0.339 e. The van der Waals surface area contributed by atoms with Gasteiger partial charge in [0.25, 0.3) is 0 Å². The van der Waals surface area contributed by atoms with Crippen molar-refractivity contribution in [2.24, 2.45) is 0 Å². The number of carbonyl (C=O) groups is 2. The first-order chi connectivity index (χ1) is 15.3. The summed E-state index contributed by atoms with van der Waals surface area (Å²) < 4.78 is 0.655. The maximum atomic E-state index is 12.4. The number of fused-ring (bicyclic) bond motifs is 1. The number of thiophene rings is 1. The average Bonchev–Trinajstić information content (AvgIpc) is 3.15. The van der Waals surface area contributed by atoms with Crippen molar-refractivity contribution in [2.75, 3.05) is 38.5 Å². The Labute approximate surface area is 190 Å². The smallest absolute Gasteiger partial charge is 0.339 e. The lowest BCUT2D eigenvalue weighted by Gasteiger charge is -2.32. The van der Waals surface area contributed by atoms with Crippen molar-refractivity contribution >= 4 is 38.2 Å². The zero-order valence-electron chi connectivity index (χ0n) is 18.2. The van der Waals surface area contributed by atoms with E-state index in [9.17, 15) is 19.8 Å². The zero-order valence-corrected chi connectivity index (χ0v) is 19.0. The summed E-state index contributed by atoms with van der Waals surface area (Å²) in [6.45, 7) is 5.96. The second-order valence-corrected chi connectivity index (χ2v) is 9.23. The second-order valence-electron chi connectivity index (χ2n) is 8.21. The molecule has 1 aliphatic heterocycles. The molecule has 4 rings (SSSR count). The van der Waals surface area contributed by atoms with Gasteiger partial charge in [0.05, 0.1) is 0 Å². The summed E-state index contributed by atoms with van der Waals surface area (Å²) >= 11 is 1.29. The van der Waals surface area contributed by atoms with Crippen LogP contribution in [0.2, 0.25) is 0 Å². The Morgan fingerprint density at radius 2 is 1.81 bits per heavy atom. The van der Waals surface area contributed by atoms with E-state index in [1.807, 2.05) is 30.3 Å². The number of phenolic OH excluding ortho intramolecular Hbond substituents is 1. The minimum absolute atomic E-state index is 0.0365. The van der Waals surface area contributed by atoms with Crippen molar-refractivity contribution in [3.05, 3.63) is 58.7 Å². The number of phenols is 1. The molecule has 0 atom stereocenters. The fraction of sp³-hybridized carbons (Fsp3) is 0.333. The molecule has 8 heteroatoms. The molecular weight excluding hydrogens is 426 g/mol. The number of Topliss-reactive ketones (excluding diaryl/α,β-unsaturated/α-hetero) is 1. The first-order valence-corrected chi connectivity index (χ1v) is 11.4. The molecule has 3 aromatic rings. The van der Waals surface area contributed by atoms with E-state index in [0.717, 1.165) is 31.7 Å². The number of anilines is 1. The molecule has 7 nitrogen and oxygen atoms in total. The van der Waals surface area contributed by atoms with Crippen LogP contribution in [0.1, 0.15) is 38.8 Å². The number of carboxylic acid groups (broad SMARTS) is 1. The fourth-order valence-corrected chi connectivity index (χ4v) is 5.33. The van der Waals surface area contributed by atoms with Gasteiger partial charge in [-0.15, -0.1) is 11.3 Å². The largest absolute Gasteiger partial charge is 0.508 e. The summed E-state index contributed by atoms with van der Waals surface area (Å²) in [5, 5.41) is 25.0. The van der Waals surface area contributed by atoms with Crippen molar-refractivity contribution in [3.8, 4) is 5.75 Å². The van der Waals surface area contributed by atoms with Gasteiger partial charge in [-0.1, -0.05) is 30.3 Å². The van der Waals surface area contributed by atoms with Gasteiger partial charge in [0, 0.05) is 60.5 Å². The Hall–Kier alpha value is -2.94. The Morgan fingerprint density at radius 3 is 2.44 bits per heavy atom. The molecule has 1 aliphatic rings. The van der Waals surface area contributed by atoms with Gasteiger partial charge in [-0.25, -0.2) is 4.79 Å². The number of ketones is 1. The van der Waals surface area contributed by atoms with E-state index < -0.39 is 5.97 Å². The Kier molecular flexibility index (Phi) is 6.45. The van der Waals surface area contributed by atoms with E-state index in [0.29, 0.717) is 33.7 Å². The lowest BCUT2D eigenvalue weighted by molar-refractivity contribution is 0.0700. The van der Waals surface area contributed by atoms with Crippen LogP contribution in [0.25, 0.3) is 10.1 Å². The first-order valence-electron chi connectivity index (χ1n) is 10.6. The molecule has 0 saturated carbocycles. The molecule has 0 aliphatic carbocycles. The zero-order chi connectivity index (χ0) is 22.8. The van der Waals surface area contributed by atoms with Crippen molar-refractivity contribution < 1.29 is 19.8 Å². The van der Waals surface area contributed by atoms with E-state index in [2.05, 4.69) is 22.2 Å². The number of aromatic hydroxyl groups is 1. The van der Waals surface area contributed by atoms with Gasteiger partial charge in [-0.3, -0.25) is 9.69 Å². The highest BCUT2D eigenvalue weighted by Gasteiger charge is 2.27. The SMILES string of the molecule is CC(=O)c1cc(O)c(CN2CCN(C)CC2)c2sc(NCc3ccccc3)c(C(=O)O)c12. The molecule has 0 radical (unpaired) electrons. The number of aromatic carboxylic acids is 1. The van der Waals surface area contributed by atoms with Crippen LogP contribution in [0.5, 0.6) is 5.75 Å². The molecule has 3 N–H and O–H groups in total. The lowest BCUT2D eigenvalue weighted by Crippen LogP contribution is -2.43. The molecule has 1 aromatic heterocycles. The third kappa shape index (κ3) is 4.48. The van der Waals surface area contributed by atoms with Gasteiger partial charge in [0.15, 0.2) is 5.78 Å². The topological polar surface area (TPSA) is 93.1 Å². The monoisotopic (exact) mass is 453 g/mol. The quantitative estimate of drug-likeness (QED) is 0.468. The standard InChI is InChI=1S/C24H27N3O4S/c1-15(28)17-12-19(29)18(14-27-10-8-26(2)9-11-27)22-20(17)21(24(30)31)23(32-22)25-13-16-6-4-3-5-7-16/h3-7,12,25,29H,8-11,13-14H2,1-2H3,(H,30,31). The number of nitrogens with zero attached hydrogens (tertiary/aromatic N) is 2. The molecule has 32 heavy (non-hydrogen) atoms. The highest BCUT2D eigenvalue weighted by atomic mass is 32.1. The van der Waals surface area contributed by atoms with Crippen LogP contribution in [0.3, 0.4) is 0 Å². The Bertz CT molecular complexity index is 1150. The number of benzene rings is 2. The van der Waals surface area contributed by atoms with Gasteiger partial charge >= 0.3 is 5.97 Å². The van der Waals surface area contributed by atoms with Crippen LogP contribution in [-0.2, 0) is 13.1 Å². The average molecular weight is 454 g/mol. The summed E-state index contributed by atoms with van der Waals surface area (Å²) in [7, 11) is 2.08. The molecule has 1 fully saturated rings. The van der Waals surface area contributed by atoms with Gasteiger partial charge in [0.1, 0.15) is 16.3 Å². The summed E-state index contributed by atoms with van der Waals surface area (Å²) in [5.41, 5.74) is 2.02. The third-order valence-corrected chi connectivity index (χ3v) is 7.12. The molecule has 1 saturated heterocycles. The van der Waals surface area contributed by atoms with Crippen molar-refractivity contribution in [2.45, 2.75) is 20.0 Å². The van der Waals surface area contributed by atoms with E-state index in [1.165, 1.54) is 24.3 Å². The van der Waals surface area contributed by atoms with Crippen molar-refractivity contribution in [1.29, 1.82) is 0 Å². The number of likely N-dealkylation sites (N-methyl/N-ethyl adjacent to an activating group) is 1. The molecule has 2 heterocycles. The van der Waals surface area contributed by atoms with Crippen molar-refractivity contribution in [3.63, 3.8) is 0 Å². The molecule has 0 bridgehead atoms. The number of hydrogen-bond acceptors (Lipinski definition) is 7.